The van der Waals surface area contributed by atoms with Gasteiger partial charge in [0.15, 0.2) is 5.65 Å². The predicted octanol–water partition coefficient (Wildman–Crippen LogP) is 3.32. The summed E-state index contributed by atoms with van der Waals surface area (Å²) in [6.45, 7) is 0. The van der Waals surface area contributed by atoms with Crippen LogP contribution < -0.4 is 0 Å². The molecule has 0 bridgehead atoms. The summed E-state index contributed by atoms with van der Waals surface area (Å²) in [5, 5.41) is 15.2. The molecular weight excluding hydrogens is 248 g/mol. The molecule has 20 heavy (non-hydrogen) atoms. The molecule has 0 N–H and O–H groups in total. The zero-order valence-electron chi connectivity index (χ0n) is 10.4. The van der Waals surface area contributed by atoms with Crippen molar-refractivity contribution in [1.29, 1.82) is 0 Å². The Bertz CT molecular complexity index is 931. The second kappa shape index (κ2) is 3.36. The molecule has 0 atom stereocenters. The Kier molecular flexibility index (Phi) is 1.68. The maximum absolute atomic E-state index is 4.37. The molecular formula is C16H8N4. The van der Waals surface area contributed by atoms with E-state index in [2.05, 4.69) is 26.2 Å². The van der Waals surface area contributed by atoms with E-state index >= 15 is 0 Å². The van der Waals surface area contributed by atoms with Crippen molar-refractivity contribution in [2.45, 2.75) is 0 Å². The van der Waals surface area contributed by atoms with E-state index in [0.29, 0.717) is 0 Å². The molecule has 5 aromatic rings. The number of hydrogen-bond donors (Lipinski definition) is 0. The third-order valence-electron chi connectivity index (χ3n) is 3.88. The molecule has 0 saturated heterocycles. The molecule has 0 saturated carbocycles. The third-order valence-corrected chi connectivity index (χ3v) is 3.88. The van der Waals surface area contributed by atoms with Gasteiger partial charge in [-0.05, 0) is 34.4 Å². The number of nitrogens with zero attached hydrogens (tertiary/aromatic N) is 4. The van der Waals surface area contributed by atoms with Gasteiger partial charge in [0.1, 0.15) is 0 Å². The average molecular weight is 256 g/mol. The molecule has 0 aliphatic rings. The quantitative estimate of drug-likeness (QED) is 0.315. The zero-order chi connectivity index (χ0) is 13.1. The minimum Gasteiger partial charge on any atom is -0.237 e. The average Bonchev–Trinajstić information content (AvgIpc) is 2.52. The molecule has 5 rings (SSSR count). The zero-order valence-corrected chi connectivity index (χ0v) is 10.4. The monoisotopic (exact) mass is 256 g/mol. The number of fused-ring (bicyclic) bond motifs is 2. The first-order valence-electron chi connectivity index (χ1n) is 6.42. The molecule has 0 unspecified atom stereocenters. The van der Waals surface area contributed by atoms with Gasteiger partial charge in [-0.25, -0.2) is 9.97 Å². The fourth-order valence-corrected chi connectivity index (χ4v) is 3.08. The van der Waals surface area contributed by atoms with E-state index in [-0.39, 0.29) is 0 Å². The summed E-state index contributed by atoms with van der Waals surface area (Å²) >= 11 is 0. The Morgan fingerprint density at radius 1 is 0.700 bits per heavy atom. The van der Waals surface area contributed by atoms with Crippen molar-refractivity contribution in [3.8, 4) is 0 Å². The molecule has 3 aromatic heterocycles. The van der Waals surface area contributed by atoms with Crippen LogP contribution in [0.4, 0.5) is 0 Å². The Morgan fingerprint density at radius 2 is 1.45 bits per heavy atom. The molecule has 0 radical (unpaired) electrons. The van der Waals surface area contributed by atoms with Crippen molar-refractivity contribution < 1.29 is 0 Å². The fourth-order valence-electron chi connectivity index (χ4n) is 3.08. The lowest BCUT2D eigenvalue weighted by molar-refractivity contribution is 1.09. The van der Waals surface area contributed by atoms with Crippen molar-refractivity contribution in [3.05, 3.63) is 48.9 Å². The van der Waals surface area contributed by atoms with Crippen LogP contribution in [0.5, 0.6) is 0 Å². The fraction of sp³-hybridized carbons (Fsp3) is 0. The smallest absolute Gasteiger partial charge is 0.160 e. The molecule has 0 aliphatic carbocycles. The van der Waals surface area contributed by atoms with Crippen LogP contribution in [0.1, 0.15) is 0 Å². The standard InChI is InChI=1S/C16H8N4/c1-2-9-10-4-6-17-16-15(10)11(5-7-18-16)12-8-19-20-13(3-1)14(9)12/h1-8H. The van der Waals surface area contributed by atoms with E-state index in [1.54, 1.807) is 6.20 Å². The van der Waals surface area contributed by atoms with E-state index < -0.39 is 0 Å². The van der Waals surface area contributed by atoms with Crippen molar-refractivity contribution in [2.75, 3.05) is 0 Å². The highest BCUT2D eigenvalue weighted by molar-refractivity contribution is 6.31. The maximum Gasteiger partial charge on any atom is 0.160 e. The van der Waals surface area contributed by atoms with Crippen LogP contribution in [0.2, 0.25) is 0 Å². The van der Waals surface area contributed by atoms with Gasteiger partial charge < -0.3 is 0 Å². The van der Waals surface area contributed by atoms with Crippen LogP contribution in [-0.4, -0.2) is 20.2 Å². The minimum atomic E-state index is 0.777. The number of aromatic nitrogens is 4. The molecule has 0 aliphatic heterocycles. The summed E-state index contributed by atoms with van der Waals surface area (Å²) in [6, 6.07) is 10.2. The Balaban J connectivity index is 2.32. The first-order valence-corrected chi connectivity index (χ1v) is 6.42. The SMILES string of the molecule is c1cc2nncc3c4ccnc5nccc(c(c1)c23)c54. The third kappa shape index (κ3) is 1.07. The van der Waals surface area contributed by atoms with Gasteiger partial charge in [0.2, 0.25) is 0 Å². The highest BCUT2D eigenvalue weighted by atomic mass is 15.1. The molecule has 4 nitrogen and oxygen atoms in total. The molecule has 0 amide bonds. The summed E-state index contributed by atoms with van der Waals surface area (Å²) in [6.07, 6.45) is 5.44. The van der Waals surface area contributed by atoms with E-state index in [1.807, 2.05) is 36.7 Å². The highest BCUT2D eigenvalue weighted by Crippen LogP contribution is 2.37. The first-order chi connectivity index (χ1) is 9.93. The van der Waals surface area contributed by atoms with Gasteiger partial charge in [0, 0.05) is 28.6 Å². The second-order valence-electron chi connectivity index (χ2n) is 4.87. The van der Waals surface area contributed by atoms with Gasteiger partial charge in [0.05, 0.1) is 11.7 Å². The van der Waals surface area contributed by atoms with Gasteiger partial charge >= 0.3 is 0 Å². The van der Waals surface area contributed by atoms with Gasteiger partial charge in [-0.2, -0.15) is 10.2 Å². The van der Waals surface area contributed by atoms with Crippen LogP contribution in [0.15, 0.2) is 48.9 Å². The van der Waals surface area contributed by atoms with Gasteiger partial charge in [-0.1, -0.05) is 12.1 Å². The van der Waals surface area contributed by atoms with E-state index in [4.69, 9.17) is 0 Å². The lowest BCUT2D eigenvalue weighted by Crippen LogP contribution is -1.92. The van der Waals surface area contributed by atoms with Crippen LogP contribution >= 0.6 is 0 Å². The van der Waals surface area contributed by atoms with Crippen molar-refractivity contribution in [3.63, 3.8) is 0 Å². The summed E-state index contributed by atoms with van der Waals surface area (Å²) in [5.74, 6) is 0. The largest absolute Gasteiger partial charge is 0.237 e. The number of benzene rings is 2. The van der Waals surface area contributed by atoms with Gasteiger partial charge in [0.25, 0.3) is 0 Å². The Hall–Kier alpha value is -2.88. The summed E-state index contributed by atoms with van der Waals surface area (Å²) in [7, 11) is 0. The molecule has 2 aromatic carbocycles. The van der Waals surface area contributed by atoms with E-state index in [0.717, 1.165) is 32.7 Å². The summed E-state index contributed by atoms with van der Waals surface area (Å²) in [4.78, 5) is 8.75. The summed E-state index contributed by atoms with van der Waals surface area (Å²) < 4.78 is 0. The van der Waals surface area contributed by atoms with Crippen LogP contribution in [0.25, 0.3) is 43.5 Å². The molecule has 3 heterocycles. The maximum atomic E-state index is 4.37. The summed E-state index contributed by atoms with van der Waals surface area (Å²) in [5.41, 5.74) is 1.70. The van der Waals surface area contributed by atoms with Crippen molar-refractivity contribution in [2.24, 2.45) is 0 Å². The number of rotatable bonds is 0. The normalized spacial score (nSPS) is 12.0. The second-order valence-corrected chi connectivity index (χ2v) is 4.87. The topological polar surface area (TPSA) is 51.6 Å². The first kappa shape index (κ1) is 9.97. The number of hydrogen-bond acceptors (Lipinski definition) is 4. The lowest BCUT2D eigenvalue weighted by Gasteiger charge is -2.11. The number of pyridine rings is 2. The Labute approximate surface area is 113 Å². The van der Waals surface area contributed by atoms with Crippen LogP contribution in [0.3, 0.4) is 0 Å². The van der Waals surface area contributed by atoms with Gasteiger partial charge in [-0.15, -0.1) is 0 Å². The van der Waals surface area contributed by atoms with Gasteiger partial charge in [-0.3, -0.25) is 0 Å². The van der Waals surface area contributed by atoms with E-state index in [1.165, 1.54) is 10.8 Å². The lowest BCUT2D eigenvalue weighted by atomic mass is 9.95. The molecule has 92 valence electrons. The van der Waals surface area contributed by atoms with Crippen LogP contribution in [0, 0.1) is 0 Å². The predicted molar refractivity (Wildman–Crippen MR) is 78.8 cm³/mol. The molecule has 4 heteroatoms. The molecule has 0 fully saturated rings. The Morgan fingerprint density at radius 3 is 2.30 bits per heavy atom. The van der Waals surface area contributed by atoms with E-state index in [9.17, 15) is 0 Å². The van der Waals surface area contributed by atoms with Crippen molar-refractivity contribution in [1.82, 2.24) is 20.2 Å². The molecule has 0 spiro atoms. The van der Waals surface area contributed by atoms with Crippen molar-refractivity contribution >= 4 is 43.5 Å². The highest BCUT2D eigenvalue weighted by Gasteiger charge is 2.13. The minimum absolute atomic E-state index is 0.777. The van der Waals surface area contributed by atoms with Crippen LogP contribution in [-0.2, 0) is 0 Å².